The molecule has 5 heteroatoms. The normalized spacial score (nSPS) is 10.5. The van der Waals surface area contributed by atoms with Crippen LogP contribution in [0.15, 0.2) is 12.1 Å². The standard InChI is InChI=1S/C14H22ClNO3/c1-3-5-16-10-11-8-12(15)14(13(9-11)18-2)19-7-4-6-17/h8-9,16-17H,3-7,10H2,1-2H3. The Bertz CT molecular complexity index is 385. The second kappa shape index (κ2) is 9.02. The highest BCUT2D eigenvalue weighted by Gasteiger charge is 2.11. The topological polar surface area (TPSA) is 50.7 Å². The third kappa shape index (κ3) is 5.27. The number of benzene rings is 1. The number of methoxy groups -OCH3 is 1. The van der Waals surface area contributed by atoms with Gasteiger partial charge < -0.3 is 19.9 Å². The Morgan fingerprint density at radius 2 is 2.16 bits per heavy atom. The van der Waals surface area contributed by atoms with Gasteiger partial charge in [0, 0.05) is 19.6 Å². The number of rotatable bonds is 9. The lowest BCUT2D eigenvalue weighted by Crippen LogP contribution is -2.14. The van der Waals surface area contributed by atoms with Crippen molar-refractivity contribution in [3.63, 3.8) is 0 Å². The smallest absolute Gasteiger partial charge is 0.179 e. The van der Waals surface area contributed by atoms with Gasteiger partial charge in [-0.15, -0.1) is 0 Å². The Hall–Kier alpha value is -0.970. The van der Waals surface area contributed by atoms with Crippen LogP contribution in [0.2, 0.25) is 5.02 Å². The van der Waals surface area contributed by atoms with Crippen LogP contribution in [-0.4, -0.2) is 32.0 Å². The molecule has 1 aromatic carbocycles. The number of halogens is 1. The van der Waals surface area contributed by atoms with E-state index in [0.717, 1.165) is 25.1 Å². The number of nitrogens with one attached hydrogen (secondary N) is 1. The molecule has 108 valence electrons. The molecule has 0 aliphatic carbocycles. The molecule has 0 atom stereocenters. The molecule has 0 aliphatic heterocycles. The van der Waals surface area contributed by atoms with Crippen LogP contribution in [-0.2, 0) is 6.54 Å². The van der Waals surface area contributed by atoms with Crippen molar-refractivity contribution in [3.8, 4) is 11.5 Å². The van der Waals surface area contributed by atoms with Gasteiger partial charge in [0.15, 0.2) is 11.5 Å². The summed E-state index contributed by atoms with van der Waals surface area (Å²) in [6.07, 6.45) is 1.66. The second-order valence-electron chi connectivity index (χ2n) is 4.21. The van der Waals surface area contributed by atoms with Gasteiger partial charge in [-0.2, -0.15) is 0 Å². The zero-order valence-electron chi connectivity index (χ0n) is 11.5. The molecule has 0 fully saturated rings. The molecule has 0 radical (unpaired) electrons. The van der Waals surface area contributed by atoms with E-state index < -0.39 is 0 Å². The van der Waals surface area contributed by atoms with Crippen LogP contribution in [0.5, 0.6) is 11.5 Å². The average molecular weight is 288 g/mol. The van der Waals surface area contributed by atoms with E-state index in [1.807, 2.05) is 12.1 Å². The summed E-state index contributed by atoms with van der Waals surface area (Å²) in [7, 11) is 1.59. The lowest BCUT2D eigenvalue weighted by Gasteiger charge is -2.14. The number of hydrogen-bond acceptors (Lipinski definition) is 4. The van der Waals surface area contributed by atoms with Crippen molar-refractivity contribution in [3.05, 3.63) is 22.7 Å². The van der Waals surface area contributed by atoms with Crippen LogP contribution in [0.4, 0.5) is 0 Å². The molecule has 0 aromatic heterocycles. The zero-order chi connectivity index (χ0) is 14.1. The van der Waals surface area contributed by atoms with Gasteiger partial charge in [-0.25, -0.2) is 0 Å². The first kappa shape index (κ1) is 16.1. The molecule has 0 aliphatic rings. The maximum atomic E-state index is 8.75. The van der Waals surface area contributed by atoms with E-state index in [0.29, 0.717) is 29.5 Å². The summed E-state index contributed by atoms with van der Waals surface area (Å²) in [6.45, 7) is 4.35. The second-order valence-corrected chi connectivity index (χ2v) is 4.62. The molecule has 0 saturated heterocycles. The van der Waals surface area contributed by atoms with Crippen molar-refractivity contribution in [2.45, 2.75) is 26.3 Å². The van der Waals surface area contributed by atoms with Crippen molar-refractivity contribution in [1.29, 1.82) is 0 Å². The van der Waals surface area contributed by atoms with Crippen LogP contribution < -0.4 is 14.8 Å². The molecule has 0 amide bonds. The van der Waals surface area contributed by atoms with E-state index in [1.54, 1.807) is 7.11 Å². The molecule has 0 unspecified atom stereocenters. The predicted octanol–water partition coefficient (Wildman–Crippen LogP) is 2.61. The van der Waals surface area contributed by atoms with Gasteiger partial charge in [-0.05, 0) is 30.7 Å². The Morgan fingerprint density at radius 1 is 1.37 bits per heavy atom. The molecule has 4 nitrogen and oxygen atoms in total. The molecular weight excluding hydrogens is 266 g/mol. The third-order valence-corrected chi connectivity index (χ3v) is 2.87. The summed E-state index contributed by atoms with van der Waals surface area (Å²) < 4.78 is 10.8. The van der Waals surface area contributed by atoms with Crippen molar-refractivity contribution in [2.24, 2.45) is 0 Å². The van der Waals surface area contributed by atoms with Crippen molar-refractivity contribution in [2.75, 3.05) is 26.9 Å². The summed E-state index contributed by atoms with van der Waals surface area (Å²) in [6, 6.07) is 3.80. The average Bonchev–Trinajstić information content (AvgIpc) is 2.41. The minimum atomic E-state index is 0.0962. The molecule has 2 N–H and O–H groups in total. The van der Waals surface area contributed by atoms with Gasteiger partial charge in [0.05, 0.1) is 18.7 Å². The lowest BCUT2D eigenvalue weighted by atomic mass is 10.2. The summed E-state index contributed by atoms with van der Waals surface area (Å²) in [4.78, 5) is 0. The number of aliphatic hydroxyl groups is 1. The summed E-state index contributed by atoms with van der Waals surface area (Å²) in [5.74, 6) is 1.16. The highest BCUT2D eigenvalue weighted by molar-refractivity contribution is 6.32. The molecule has 0 saturated carbocycles. The van der Waals surface area contributed by atoms with E-state index in [9.17, 15) is 0 Å². The van der Waals surface area contributed by atoms with E-state index in [-0.39, 0.29) is 6.61 Å². The van der Waals surface area contributed by atoms with Crippen LogP contribution in [0.1, 0.15) is 25.3 Å². The SMILES string of the molecule is CCCNCc1cc(Cl)c(OCCCO)c(OC)c1. The monoisotopic (exact) mass is 287 g/mol. The molecule has 0 heterocycles. The van der Waals surface area contributed by atoms with Crippen molar-refractivity contribution < 1.29 is 14.6 Å². The molecule has 19 heavy (non-hydrogen) atoms. The predicted molar refractivity (Wildman–Crippen MR) is 77.2 cm³/mol. The van der Waals surface area contributed by atoms with Crippen molar-refractivity contribution >= 4 is 11.6 Å². The van der Waals surface area contributed by atoms with E-state index >= 15 is 0 Å². The Balaban J connectivity index is 2.76. The highest BCUT2D eigenvalue weighted by Crippen LogP contribution is 2.36. The van der Waals surface area contributed by atoms with E-state index in [2.05, 4.69) is 12.2 Å². The minimum absolute atomic E-state index is 0.0962. The fourth-order valence-corrected chi connectivity index (χ4v) is 1.95. The summed E-state index contributed by atoms with van der Waals surface area (Å²) in [5.41, 5.74) is 1.06. The van der Waals surface area contributed by atoms with Gasteiger partial charge in [0.25, 0.3) is 0 Å². The Labute approximate surface area is 119 Å². The summed E-state index contributed by atoms with van der Waals surface area (Å²) >= 11 is 6.21. The molecule has 1 aromatic rings. The van der Waals surface area contributed by atoms with Crippen LogP contribution >= 0.6 is 11.6 Å². The van der Waals surface area contributed by atoms with Crippen LogP contribution in [0.3, 0.4) is 0 Å². The molecule has 1 rings (SSSR count). The molecule has 0 spiro atoms. The number of hydrogen-bond donors (Lipinski definition) is 2. The fourth-order valence-electron chi connectivity index (χ4n) is 1.66. The maximum absolute atomic E-state index is 8.75. The quantitative estimate of drug-likeness (QED) is 0.686. The van der Waals surface area contributed by atoms with Gasteiger partial charge in [-0.1, -0.05) is 18.5 Å². The summed E-state index contributed by atoms with van der Waals surface area (Å²) in [5, 5.41) is 12.6. The minimum Gasteiger partial charge on any atom is -0.493 e. The number of ether oxygens (including phenoxy) is 2. The highest BCUT2D eigenvalue weighted by atomic mass is 35.5. The van der Waals surface area contributed by atoms with Gasteiger partial charge in [0.1, 0.15) is 0 Å². The number of aliphatic hydroxyl groups excluding tert-OH is 1. The first-order chi connectivity index (χ1) is 9.22. The van der Waals surface area contributed by atoms with Crippen molar-refractivity contribution in [1.82, 2.24) is 5.32 Å². The Morgan fingerprint density at radius 3 is 2.79 bits per heavy atom. The van der Waals surface area contributed by atoms with E-state index in [1.165, 1.54) is 0 Å². The maximum Gasteiger partial charge on any atom is 0.179 e. The van der Waals surface area contributed by atoms with E-state index in [4.69, 9.17) is 26.2 Å². The molecular formula is C14H22ClNO3. The largest absolute Gasteiger partial charge is 0.493 e. The van der Waals surface area contributed by atoms with Crippen LogP contribution in [0, 0.1) is 0 Å². The lowest BCUT2D eigenvalue weighted by molar-refractivity contribution is 0.228. The zero-order valence-corrected chi connectivity index (χ0v) is 12.3. The fraction of sp³-hybridized carbons (Fsp3) is 0.571. The van der Waals surface area contributed by atoms with Gasteiger partial charge in [-0.3, -0.25) is 0 Å². The first-order valence-corrected chi connectivity index (χ1v) is 6.91. The van der Waals surface area contributed by atoms with Gasteiger partial charge in [0.2, 0.25) is 0 Å². The Kier molecular flexibility index (Phi) is 7.63. The van der Waals surface area contributed by atoms with Gasteiger partial charge >= 0.3 is 0 Å². The van der Waals surface area contributed by atoms with Crippen LogP contribution in [0.25, 0.3) is 0 Å². The third-order valence-electron chi connectivity index (χ3n) is 2.59. The first-order valence-electron chi connectivity index (χ1n) is 6.53. The molecule has 0 bridgehead atoms.